The minimum atomic E-state index is -0.408. The number of rotatable bonds is 5. The second-order valence-electron chi connectivity index (χ2n) is 3.93. The lowest BCUT2D eigenvalue weighted by molar-refractivity contribution is 0.168. The Kier molecular flexibility index (Phi) is 3.93. The van der Waals surface area contributed by atoms with Crippen LogP contribution in [0.15, 0.2) is 18.3 Å². The molecule has 0 amide bonds. The van der Waals surface area contributed by atoms with Crippen molar-refractivity contribution in [3.8, 4) is 6.07 Å². The summed E-state index contributed by atoms with van der Waals surface area (Å²) in [6.45, 7) is 7.99. The lowest BCUT2D eigenvalue weighted by Crippen LogP contribution is -2.46. The van der Waals surface area contributed by atoms with Crippen molar-refractivity contribution in [2.24, 2.45) is 0 Å². The number of nitrogens with zero attached hydrogens (tertiary/aromatic N) is 2. The summed E-state index contributed by atoms with van der Waals surface area (Å²) in [6, 6.07) is 6.42. The predicted molar refractivity (Wildman–Crippen MR) is 61.4 cm³/mol. The van der Waals surface area contributed by atoms with Gasteiger partial charge < -0.3 is 4.98 Å². The van der Waals surface area contributed by atoms with Crippen molar-refractivity contribution >= 4 is 0 Å². The van der Waals surface area contributed by atoms with Crippen LogP contribution < -0.4 is 0 Å². The van der Waals surface area contributed by atoms with Crippen LogP contribution >= 0.6 is 0 Å². The first kappa shape index (κ1) is 11.8. The van der Waals surface area contributed by atoms with Crippen molar-refractivity contribution in [1.29, 1.82) is 5.26 Å². The Morgan fingerprint density at radius 1 is 1.47 bits per heavy atom. The average Bonchev–Trinajstić information content (AvgIpc) is 2.72. The molecule has 1 aromatic rings. The first-order valence-electron chi connectivity index (χ1n) is 5.45. The summed E-state index contributed by atoms with van der Waals surface area (Å²) in [7, 11) is 0. The molecule has 0 spiro atoms. The first-order chi connectivity index (χ1) is 7.16. The van der Waals surface area contributed by atoms with Crippen molar-refractivity contribution < 1.29 is 0 Å². The molecular formula is C12H19N3. The van der Waals surface area contributed by atoms with Gasteiger partial charge in [-0.05, 0) is 32.1 Å². The number of hydrogen-bond donors (Lipinski definition) is 1. The Bertz CT molecular complexity index is 319. The third-order valence-corrected chi connectivity index (χ3v) is 2.90. The molecule has 3 nitrogen and oxygen atoms in total. The fourth-order valence-electron chi connectivity index (χ4n) is 1.99. The van der Waals surface area contributed by atoms with Crippen LogP contribution in [0, 0.1) is 11.3 Å². The molecule has 0 aliphatic rings. The van der Waals surface area contributed by atoms with Gasteiger partial charge in [-0.3, -0.25) is 4.90 Å². The van der Waals surface area contributed by atoms with Crippen LogP contribution in [0.25, 0.3) is 0 Å². The SMILES string of the molecule is CCN(CC)C(C)(C#N)Cc1ccc[nH]1. The largest absolute Gasteiger partial charge is 0.365 e. The Morgan fingerprint density at radius 3 is 2.53 bits per heavy atom. The minimum absolute atomic E-state index is 0.408. The molecule has 1 aromatic heterocycles. The number of nitriles is 1. The zero-order valence-corrected chi connectivity index (χ0v) is 9.75. The molecule has 0 fully saturated rings. The first-order valence-corrected chi connectivity index (χ1v) is 5.45. The predicted octanol–water partition coefficient (Wildman–Crippen LogP) is 2.18. The lowest BCUT2D eigenvalue weighted by Gasteiger charge is -2.34. The van der Waals surface area contributed by atoms with Gasteiger partial charge in [-0.1, -0.05) is 13.8 Å². The van der Waals surface area contributed by atoms with Gasteiger partial charge in [-0.2, -0.15) is 5.26 Å². The van der Waals surface area contributed by atoms with E-state index in [2.05, 4.69) is 29.8 Å². The van der Waals surface area contributed by atoms with Crippen molar-refractivity contribution in [3.05, 3.63) is 24.0 Å². The quantitative estimate of drug-likeness (QED) is 0.800. The molecule has 0 radical (unpaired) electrons. The molecular weight excluding hydrogens is 186 g/mol. The van der Waals surface area contributed by atoms with E-state index in [0.717, 1.165) is 25.2 Å². The maximum atomic E-state index is 9.31. The highest BCUT2D eigenvalue weighted by atomic mass is 15.2. The van der Waals surface area contributed by atoms with Crippen LogP contribution in [0.1, 0.15) is 26.5 Å². The summed E-state index contributed by atoms with van der Waals surface area (Å²) in [5.41, 5.74) is 0.708. The zero-order valence-electron chi connectivity index (χ0n) is 9.75. The molecule has 0 saturated heterocycles. The van der Waals surface area contributed by atoms with E-state index in [4.69, 9.17) is 0 Å². The average molecular weight is 205 g/mol. The van der Waals surface area contributed by atoms with E-state index in [1.165, 1.54) is 0 Å². The number of H-pyrrole nitrogens is 1. The molecule has 15 heavy (non-hydrogen) atoms. The highest BCUT2D eigenvalue weighted by Gasteiger charge is 2.30. The highest BCUT2D eigenvalue weighted by molar-refractivity contribution is 5.15. The number of aromatic amines is 1. The van der Waals surface area contributed by atoms with E-state index in [0.29, 0.717) is 0 Å². The van der Waals surface area contributed by atoms with E-state index >= 15 is 0 Å². The van der Waals surface area contributed by atoms with Gasteiger partial charge in [-0.15, -0.1) is 0 Å². The Labute approximate surface area is 91.7 Å². The third-order valence-electron chi connectivity index (χ3n) is 2.90. The van der Waals surface area contributed by atoms with Gasteiger partial charge in [0.25, 0.3) is 0 Å². The van der Waals surface area contributed by atoms with Crippen LogP contribution in [0.5, 0.6) is 0 Å². The topological polar surface area (TPSA) is 42.8 Å². The summed E-state index contributed by atoms with van der Waals surface area (Å²) < 4.78 is 0. The van der Waals surface area contributed by atoms with Gasteiger partial charge in [-0.25, -0.2) is 0 Å². The smallest absolute Gasteiger partial charge is 0.111 e. The van der Waals surface area contributed by atoms with Gasteiger partial charge in [0.15, 0.2) is 0 Å². The second-order valence-corrected chi connectivity index (χ2v) is 3.93. The van der Waals surface area contributed by atoms with E-state index in [9.17, 15) is 5.26 Å². The van der Waals surface area contributed by atoms with Crippen LogP contribution in [-0.4, -0.2) is 28.5 Å². The fraction of sp³-hybridized carbons (Fsp3) is 0.583. The monoisotopic (exact) mass is 205 g/mol. The van der Waals surface area contributed by atoms with Crippen molar-refractivity contribution in [3.63, 3.8) is 0 Å². The summed E-state index contributed by atoms with van der Waals surface area (Å²) in [5.74, 6) is 0. The fourth-order valence-corrected chi connectivity index (χ4v) is 1.99. The zero-order chi connectivity index (χ0) is 11.3. The van der Waals surface area contributed by atoms with Crippen LogP contribution in [0.2, 0.25) is 0 Å². The molecule has 0 bridgehead atoms. The van der Waals surface area contributed by atoms with Crippen LogP contribution in [-0.2, 0) is 6.42 Å². The minimum Gasteiger partial charge on any atom is -0.365 e. The summed E-state index contributed by atoms with van der Waals surface area (Å²) in [6.07, 6.45) is 2.65. The molecule has 0 aliphatic carbocycles. The standard InChI is InChI=1S/C12H19N3/c1-4-15(5-2)12(3,10-13)9-11-7-6-8-14-11/h6-8,14H,4-5,9H2,1-3H3. The molecule has 1 atom stereocenters. The van der Waals surface area contributed by atoms with E-state index in [1.807, 2.05) is 25.3 Å². The van der Waals surface area contributed by atoms with Crippen LogP contribution in [0.3, 0.4) is 0 Å². The summed E-state index contributed by atoms with van der Waals surface area (Å²) in [4.78, 5) is 5.34. The van der Waals surface area contributed by atoms with Crippen LogP contribution in [0.4, 0.5) is 0 Å². The van der Waals surface area contributed by atoms with Gasteiger partial charge in [0.1, 0.15) is 5.54 Å². The molecule has 0 aliphatic heterocycles. The number of likely N-dealkylation sites (N-methyl/N-ethyl adjacent to an activating group) is 1. The maximum absolute atomic E-state index is 9.31. The third kappa shape index (κ3) is 2.60. The molecule has 1 rings (SSSR count). The van der Waals surface area contributed by atoms with Crippen molar-refractivity contribution in [1.82, 2.24) is 9.88 Å². The molecule has 0 saturated carbocycles. The van der Waals surface area contributed by atoms with E-state index in [1.54, 1.807) is 0 Å². The van der Waals surface area contributed by atoms with Gasteiger partial charge in [0.2, 0.25) is 0 Å². The molecule has 82 valence electrons. The van der Waals surface area contributed by atoms with Gasteiger partial charge >= 0.3 is 0 Å². The molecule has 1 N–H and O–H groups in total. The maximum Gasteiger partial charge on any atom is 0.111 e. The summed E-state index contributed by atoms with van der Waals surface area (Å²) in [5, 5.41) is 9.31. The summed E-state index contributed by atoms with van der Waals surface area (Å²) >= 11 is 0. The van der Waals surface area contributed by atoms with E-state index < -0.39 is 5.54 Å². The highest BCUT2D eigenvalue weighted by Crippen LogP contribution is 2.19. The van der Waals surface area contributed by atoms with Gasteiger partial charge in [0.05, 0.1) is 6.07 Å². The van der Waals surface area contributed by atoms with Gasteiger partial charge in [0, 0.05) is 18.3 Å². The molecule has 3 heteroatoms. The molecule has 1 heterocycles. The molecule has 0 aromatic carbocycles. The second kappa shape index (κ2) is 4.99. The van der Waals surface area contributed by atoms with E-state index in [-0.39, 0.29) is 0 Å². The number of aromatic nitrogens is 1. The Balaban J connectivity index is 2.81. The number of nitrogens with one attached hydrogen (secondary N) is 1. The number of hydrogen-bond acceptors (Lipinski definition) is 2. The Hall–Kier alpha value is -1.27. The van der Waals surface area contributed by atoms with Crippen molar-refractivity contribution in [2.75, 3.05) is 13.1 Å². The Morgan fingerprint density at radius 2 is 2.13 bits per heavy atom. The lowest BCUT2D eigenvalue weighted by atomic mass is 9.95. The molecule has 1 unspecified atom stereocenters. The normalized spacial score (nSPS) is 14.9. The van der Waals surface area contributed by atoms with Crippen molar-refractivity contribution in [2.45, 2.75) is 32.7 Å².